The van der Waals surface area contributed by atoms with Crippen molar-refractivity contribution in [3.05, 3.63) is 52.9 Å². The van der Waals surface area contributed by atoms with Crippen LogP contribution in [-0.4, -0.2) is 36.1 Å². The molecule has 0 amide bonds. The molecule has 0 atom stereocenters. The first kappa shape index (κ1) is 15.2. The number of hydrogen-bond donors (Lipinski definition) is 1. The Balaban J connectivity index is 1.56. The van der Waals surface area contributed by atoms with Crippen molar-refractivity contribution in [2.45, 2.75) is 13.2 Å². The Morgan fingerprint density at radius 2 is 2.05 bits per heavy atom. The van der Waals surface area contributed by atoms with Gasteiger partial charge in [0, 0.05) is 31.2 Å². The maximum Gasteiger partial charge on any atom is 0.147 e. The average Bonchev–Trinajstić information content (AvgIpc) is 2.56. The molecule has 1 aromatic heterocycles. The minimum atomic E-state index is 0.444. The predicted molar refractivity (Wildman–Crippen MR) is 87.1 cm³/mol. The Morgan fingerprint density at radius 3 is 2.86 bits per heavy atom. The Hall–Kier alpha value is -1.69. The van der Waals surface area contributed by atoms with Crippen molar-refractivity contribution >= 4 is 17.4 Å². The largest absolute Gasteiger partial charge is 0.370 e. The monoisotopic (exact) mass is 318 g/mol. The van der Waals surface area contributed by atoms with E-state index >= 15 is 0 Å². The van der Waals surface area contributed by atoms with Crippen molar-refractivity contribution in [3.8, 4) is 0 Å². The Morgan fingerprint density at radius 1 is 1.18 bits per heavy atom. The third-order valence-corrected chi connectivity index (χ3v) is 3.76. The number of nitrogens with one attached hydrogen (secondary N) is 1. The molecule has 0 radical (unpaired) electrons. The van der Waals surface area contributed by atoms with Crippen LogP contribution >= 0.6 is 11.6 Å². The summed E-state index contributed by atoms with van der Waals surface area (Å²) in [6.45, 7) is 4.84. The summed E-state index contributed by atoms with van der Waals surface area (Å²) in [5, 5.41) is 4.05. The van der Waals surface area contributed by atoms with Gasteiger partial charge in [-0.25, -0.2) is 4.98 Å². The van der Waals surface area contributed by atoms with Crippen LogP contribution in [0, 0.1) is 0 Å². The normalized spacial score (nSPS) is 15.0. The molecule has 1 aromatic carbocycles. The molecule has 0 bridgehead atoms. The van der Waals surface area contributed by atoms with Gasteiger partial charge in [0.2, 0.25) is 0 Å². The van der Waals surface area contributed by atoms with Gasteiger partial charge in [0.05, 0.1) is 31.3 Å². The van der Waals surface area contributed by atoms with E-state index in [9.17, 15) is 0 Å². The highest BCUT2D eigenvalue weighted by molar-refractivity contribution is 6.30. The summed E-state index contributed by atoms with van der Waals surface area (Å²) in [5.74, 6) is 0.922. The topological polar surface area (TPSA) is 50.3 Å². The van der Waals surface area contributed by atoms with Gasteiger partial charge in [0.25, 0.3) is 0 Å². The molecule has 0 saturated carbocycles. The van der Waals surface area contributed by atoms with Crippen LogP contribution in [0.1, 0.15) is 11.3 Å². The second kappa shape index (κ2) is 7.54. The van der Waals surface area contributed by atoms with Crippen LogP contribution in [0.5, 0.6) is 0 Å². The zero-order chi connectivity index (χ0) is 15.2. The molecule has 0 spiro atoms. The second-order valence-corrected chi connectivity index (χ2v) is 5.66. The summed E-state index contributed by atoms with van der Waals surface area (Å²) < 4.78 is 5.71. The number of benzene rings is 1. The van der Waals surface area contributed by atoms with E-state index in [0.29, 0.717) is 13.2 Å². The first-order chi connectivity index (χ1) is 10.8. The van der Waals surface area contributed by atoms with Gasteiger partial charge in [-0.15, -0.1) is 0 Å². The molecule has 1 aliphatic heterocycles. The van der Waals surface area contributed by atoms with Gasteiger partial charge in [-0.05, 0) is 17.7 Å². The summed E-state index contributed by atoms with van der Waals surface area (Å²) >= 11 is 5.96. The SMILES string of the molecule is Clc1cccc(COCc2cncc(N3CCNCC3)n2)c1. The molecule has 2 heterocycles. The molecule has 2 aromatic rings. The highest BCUT2D eigenvalue weighted by atomic mass is 35.5. The van der Waals surface area contributed by atoms with Gasteiger partial charge in [-0.1, -0.05) is 23.7 Å². The fourth-order valence-corrected chi connectivity index (χ4v) is 2.62. The van der Waals surface area contributed by atoms with E-state index in [1.165, 1.54) is 0 Å². The van der Waals surface area contributed by atoms with Gasteiger partial charge in [0.15, 0.2) is 0 Å². The number of aromatic nitrogens is 2. The van der Waals surface area contributed by atoms with Gasteiger partial charge in [0.1, 0.15) is 5.82 Å². The number of ether oxygens (including phenoxy) is 1. The summed E-state index contributed by atoms with van der Waals surface area (Å²) in [5.41, 5.74) is 1.90. The third kappa shape index (κ3) is 4.16. The second-order valence-electron chi connectivity index (χ2n) is 5.23. The molecule has 6 heteroatoms. The third-order valence-electron chi connectivity index (χ3n) is 3.52. The number of piperazine rings is 1. The molecular weight excluding hydrogens is 300 g/mol. The van der Waals surface area contributed by atoms with Crippen molar-refractivity contribution in [1.82, 2.24) is 15.3 Å². The van der Waals surface area contributed by atoms with E-state index in [4.69, 9.17) is 16.3 Å². The Kier molecular flexibility index (Phi) is 5.21. The first-order valence-electron chi connectivity index (χ1n) is 7.40. The summed E-state index contributed by atoms with van der Waals surface area (Å²) in [7, 11) is 0. The quantitative estimate of drug-likeness (QED) is 0.916. The van der Waals surface area contributed by atoms with E-state index in [2.05, 4.69) is 20.2 Å². The minimum Gasteiger partial charge on any atom is -0.370 e. The molecule has 0 unspecified atom stereocenters. The Bertz CT molecular complexity index is 617. The average molecular weight is 319 g/mol. The van der Waals surface area contributed by atoms with Crippen LogP contribution in [0.3, 0.4) is 0 Å². The van der Waals surface area contributed by atoms with Crippen molar-refractivity contribution in [3.63, 3.8) is 0 Å². The summed E-state index contributed by atoms with van der Waals surface area (Å²) in [4.78, 5) is 11.1. The molecule has 1 fully saturated rings. The van der Waals surface area contributed by atoms with Gasteiger partial charge < -0.3 is 15.0 Å². The number of rotatable bonds is 5. The molecule has 116 valence electrons. The van der Waals surface area contributed by atoms with Crippen LogP contribution in [-0.2, 0) is 18.0 Å². The van der Waals surface area contributed by atoms with E-state index in [-0.39, 0.29) is 0 Å². The minimum absolute atomic E-state index is 0.444. The van der Waals surface area contributed by atoms with Crippen molar-refractivity contribution < 1.29 is 4.74 Å². The lowest BCUT2D eigenvalue weighted by atomic mass is 10.2. The molecule has 22 heavy (non-hydrogen) atoms. The number of halogens is 1. The van der Waals surface area contributed by atoms with Gasteiger partial charge in [-0.2, -0.15) is 0 Å². The van der Waals surface area contributed by atoms with E-state index < -0.39 is 0 Å². The van der Waals surface area contributed by atoms with Crippen LogP contribution in [0.25, 0.3) is 0 Å². The van der Waals surface area contributed by atoms with Crippen molar-refractivity contribution in [2.75, 3.05) is 31.1 Å². The Labute approximate surface area is 135 Å². The summed E-state index contributed by atoms with van der Waals surface area (Å²) in [6, 6.07) is 7.68. The summed E-state index contributed by atoms with van der Waals surface area (Å²) in [6.07, 6.45) is 3.56. The zero-order valence-corrected chi connectivity index (χ0v) is 13.1. The number of anilines is 1. The van der Waals surface area contributed by atoms with E-state index in [1.807, 2.05) is 30.5 Å². The molecule has 3 rings (SSSR count). The predicted octanol–water partition coefficient (Wildman–Crippen LogP) is 2.26. The van der Waals surface area contributed by atoms with Crippen LogP contribution in [0.15, 0.2) is 36.7 Å². The van der Waals surface area contributed by atoms with Gasteiger partial charge in [-0.3, -0.25) is 4.98 Å². The molecule has 5 nitrogen and oxygen atoms in total. The molecule has 1 N–H and O–H groups in total. The van der Waals surface area contributed by atoms with Crippen LogP contribution in [0.4, 0.5) is 5.82 Å². The lowest BCUT2D eigenvalue weighted by Gasteiger charge is -2.28. The van der Waals surface area contributed by atoms with Crippen molar-refractivity contribution in [2.24, 2.45) is 0 Å². The highest BCUT2D eigenvalue weighted by Crippen LogP contribution is 2.13. The van der Waals surface area contributed by atoms with E-state index in [0.717, 1.165) is 48.3 Å². The van der Waals surface area contributed by atoms with E-state index in [1.54, 1.807) is 6.20 Å². The van der Waals surface area contributed by atoms with Crippen LogP contribution < -0.4 is 10.2 Å². The number of nitrogens with zero attached hydrogens (tertiary/aromatic N) is 3. The molecule has 0 aliphatic carbocycles. The first-order valence-corrected chi connectivity index (χ1v) is 7.78. The van der Waals surface area contributed by atoms with Crippen LogP contribution in [0.2, 0.25) is 5.02 Å². The van der Waals surface area contributed by atoms with Crippen molar-refractivity contribution in [1.29, 1.82) is 0 Å². The maximum absolute atomic E-state index is 5.96. The molecule has 1 saturated heterocycles. The lowest BCUT2D eigenvalue weighted by molar-refractivity contribution is 0.104. The fourth-order valence-electron chi connectivity index (χ4n) is 2.41. The zero-order valence-electron chi connectivity index (χ0n) is 12.3. The smallest absolute Gasteiger partial charge is 0.147 e. The van der Waals surface area contributed by atoms with Gasteiger partial charge >= 0.3 is 0 Å². The standard InChI is InChI=1S/C16H19ClN4O/c17-14-3-1-2-13(8-14)11-22-12-15-9-19-10-16(20-15)21-6-4-18-5-7-21/h1-3,8-10,18H,4-7,11-12H2. The lowest BCUT2D eigenvalue weighted by Crippen LogP contribution is -2.44. The molecular formula is C16H19ClN4O. The maximum atomic E-state index is 5.96. The highest BCUT2D eigenvalue weighted by Gasteiger charge is 2.12. The fraction of sp³-hybridized carbons (Fsp3) is 0.375. The molecule has 1 aliphatic rings. The number of hydrogen-bond acceptors (Lipinski definition) is 5.